The Labute approximate surface area is 200 Å². The smallest absolute Gasteiger partial charge is 0.309 e. The number of carbonyl (C=O) groups is 3. The molecular weight excluding hydrogens is 422 g/mol. The molecule has 7 heteroatoms. The molecule has 0 atom stereocenters. The van der Waals surface area contributed by atoms with Gasteiger partial charge in [-0.1, -0.05) is 70.3 Å². The third-order valence-electron chi connectivity index (χ3n) is 6.43. The molecule has 0 spiro atoms. The van der Waals surface area contributed by atoms with Crippen molar-refractivity contribution in [2.24, 2.45) is 0 Å². The number of hydrogen-bond donors (Lipinski definition) is 2. The van der Waals surface area contributed by atoms with Crippen molar-refractivity contribution in [3.63, 3.8) is 0 Å². The van der Waals surface area contributed by atoms with Gasteiger partial charge in [0.2, 0.25) is 0 Å². The molecule has 2 N–H and O–H groups in total. The third kappa shape index (κ3) is 20.4. The molecule has 0 aromatic heterocycles. The van der Waals surface area contributed by atoms with E-state index >= 15 is 0 Å². The Morgan fingerprint density at radius 3 is 1.33 bits per heavy atom. The van der Waals surface area contributed by atoms with Crippen LogP contribution >= 0.6 is 0 Å². The van der Waals surface area contributed by atoms with Crippen LogP contribution in [0.4, 0.5) is 0 Å². The number of carboxylic acids is 3. The Bertz CT molecular complexity index is 503. The topological polar surface area (TPSA) is 115 Å². The number of allylic oxidation sites excluding steroid dienone is 1. The molecule has 0 aromatic rings. The van der Waals surface area contributed by atoms with Crippen molar-refractivity contribution in [3.8, 4) is 0 Å². The lowest BCUT2D eigenvalue weighted by molar-refractivity contribution is -0.927. The number of carboxylic acid groups (broad SMARTS) is 3. The maximum Gasteiger partial charge on any atom is 0.309 e. The highest BCUT2D eigenvalue weighted by Crippen LogP contribution is 2.17. The number of nitrogens with zero attached hydrogens (tertiary/aromatic N) is 1. The fourth-order valence-corrected chi connectivity index (χ4v) is 4.35. The average molecular weight is 470 g/mol. The highest BCUT2D eigenvalue weighted by molar-refractivity contribution is 5.67. The minimum absolute atomic E-state index is 0.0957. The predicted octanol–water partition coefficient (Wildman–Crippen LogP) is 4.54. The molecule has 0 fully saturated rings. The Kier molecular flexibility index (Phi) is 19.5. The second kappa shape index (κ2) is 20.7. The molecule has 33 heavy (non-hydrogen) atoms. The zero-order chi connectivity index (χ0) is 24.8. The zero-order valence-corrected chi connectivity index (χ0v) is 20.6. The lowest BCUT2D eigenvalue weighted by Gasteiger charge is -2.38. The highest BCUT2D eigenvalue weighted by atomic mass is 16.4. The van der Waals surface area contributed by atoms with Crippen molar-refractivity contribution in [2.75, 3.05) is 26.2 Å². The standard InChI is InChI=1S/C26H47NO6/c1-2-3-4-5-6-7-8-9-10-11-12-13-14-15-16-20-27(21-17-24(28)29,22-18-25(30)31)23-19-26(32)33/h2H,1,3-23H2,(H2-,28,29,30,31,32,33). The first-order chi connectivity index (χ1) is 15.8. The summed E-state index contributed by atoms with van der Waals surface area (Å²) in [4.78, 5) is 33.1. The van der Waals surface area contributed by atoms with E-state index in [4.69, 9.17) is 10.2 Å². The molecule has 0 saturated carbocycles. The van der Waals surface area contributed by atoms with Gasteiger partial charge in [0.1, 0.15) is 0 Å². The van der Waals surface area contributed by atoms with Gasteiger partial charge >= 0.3 is 11.9 Å². The van der Waals surface area contributed by atoms with Crippen molar-refractivity contribution in [1.29, 1.82) is 0 Å². The minimum atomic E-state index is -1.18. The van der Waals surface area contributed by atoms with Crippen molar-refractivity contribution >= 4 is 17.9 Å². The normalized spacial score (nSPS) is 11.4. The predicted molar refractivity (Wildman–Crippen MR) is 129 cm³/mol. The Morgan fingerprint density at radius 2 is 0.970 bits per heavy atom. The van der Waals surface area contributed by atoms with E-state index in [9.17, 15) is 19.5 Å². The maximum absolute atomic E-state index is 11.1. The first-order valence-electron chi connectivity index (χ1n) is 12.9. The molecule has 192 valence electrons. The monoisotopic (exact) mass is 469 g/mol. The zero-order valence-electron chi connectivity index (χ0n) is 20.6. The molecule has 0 aromatic carbocycles. The number of hydrogen-bond acceptors (Lipinski definition) is 4. The lowest BCUT2D eigenvalue weighted by Crippen LogP contribution is -2.53. The van der Waals surface area contributed by atoms with Crippen LogP contribution in [0.1, 0.15) is 109 Å². The Balaban J connectivity index is 4.10. The van der Waals surface area contributed by atoms with E-state index in [1.165, 1.54) is 64.2 Å². The van der Waals surface area contributed by atoms with Gasteiger partial charge in [-0.2, -0.15) is 0 Å². The summed E-state index contributed by atoms with van der Waals surface area (Å²) in [6.07, 6.45) is 18.5. The molecule has 0 amide bonds. The van der Waals surface area contributed by atoms with Crippen molar-refractivity contribution < 1.29 is 34.2 Å². The van der Waals surface area contributed by atoms with Gasteiger partial charge in [0.05, 0.1) is 39.0 Å². The Hall–Kier alpha value is -1.89. The van der Waals surface area contributed by atoms with Crippen LogP contribution < -0.4 is 5.11 Å². The van der Waals surface area contributed by atoms with Crippen LogP contribution in [-0.4, -0.2) is 58.8 Å². The van der Waals surface area contributed by atoms with Crippen LogP contribution in [0.15, 0.2) is 12.7 Å². The number of carbonyl (C=O) groups excluding carboxylic acids is 1. The van der Waals surface area contributed by atoms with Crippen LogP contribution in [0.25, 0.3) is 0 Å². The second-order valence-electron chi connectivity index (χ2n) is 9.32. The molecule has 0 radical (unpaired) electrons. The van der Waals surface area contributed by atoms with Gasteiger partial charge in [0, 0.05) is 12.4 Å². The van der Waals surface area contributed by atoms with Crippen LogP contribution in [0.2, 0.25) is 0 Å². The quantitative estimate of drug-likeness (QED) is 0.115. The maximum atomic E-state index is 11.1. The molecule has 0 aliphatic heterocycles. The average Bonchev–Trinajstić information content (AvgIpc) is 2.76. The van der Waals surface area contributed by atoms with E-state index in [2.05, 4.69) is 6.58 Å². The van der Waals surface area contributed by atoms with E-state index < -0.39 is 17.9 Å². The van der Waals surface area contributed by atoms with Crippen LogP contribution in [-0.2, 0) is 14.4 Å². The summed E-state index contributed by atoms with van der Waals surface area (Å²) in [5.74, 6) is -3.08. The van der Waals surface area contributed by atoms with E-state index in [-0.39, 0.29) is 43.4 Å². The van der Waals surface area contributed by atoms with Gasteiger partial charge in [-0.25, -0.2) is 0 Å². The number of unbranched alkanes of at least 4 members (excludes halogenated alkanes) is 13. The van der Waals surface area contributed by atoms with E-state index in [0.717, 1.165) is 25.7 Å². The van der Waals surface area contributed by atoms with Crippen LogP contribution in [0.3, 0.4) is 0 Å². The first-order valence-corrected chi connectivity index (χ1v) is 12.9. The van der Waals surface area contributed by atoms with Gasteiger partial charge in [-0.3, -0.25) is 9.59 Å². The van der Waals surface area contributed by atoms with Crippen LogP contribution in [0, 0.1) is 0 Å². The SMILES string of the molecule is C=CCCCCCCCCCCCCCCC[N+](CCC(=O)[O-])(CCC(=O)O)CCC(=O)O. The minimum Gasteiger partial charge on any atom is -0.550 e. The number of aliphatic carboxylic acids is 3. The first kappa shape index (κ1) is 31.1. The van der Waals surface area contributed by atoms with E-state index in [0.29, 0.717) is 6.54 Å². The van der Waals surface area contributed by atoms with Crippen molar-refractivity contribution in [1.82, 2.24) is 0 Å². The van der Waals surface area contributed by atoms with Gasteiger partial charge in [0.25, 0.3) is 0 Å². The molecule has 0 heterocycles. The highest BCUT2D eigenvalue weighted by Gasteiger charge is 2.28. The van der Waals surface area contributed by atoms with Gasteiger partial charge in [0.15, 0.2) is 0 Å². The van der Waals surface area contributed by atoms with Crippen molar-refractivity contribution in [2.45, 2.75) is 109 Å². The second-order valence-corrected chi connectivity index (χ2v) is 9.32. The summed E-state index contributed by atoms with van der Waals surface area (Å²) < 4.78 is 0.222. The molecule has 7 nitrogen and oxygen atoms in total. The summed E-state index contributed by atoms with van der Waals surface area (Å²) in [5.41, 5.74) is 0. The van der Waals surface area contributed by atoms with Crippen molar-refractivity contribution in [3.05, 3.63) is 12.7 Å². The number of quaternary nitrogens is 1. The molecule has 0 bridgehead atoms. The molecule has 0 aliphatic rings. The summed E-state index contributed by atoms with van der Waals surface area (Å²) in [7, 11) is 0. The largest absolute Gasteiger partial charge is 0.550 e. The van der Waals surface area contributed by atoms with Gasteiger partial charge < -0.3 is 24.6 Å². The summed E-state index contributed by atoms with van der Waals surface area (Å²) in [6, 6.07) is 0. The van der Waals surface area contributed by atoms with Crippen LogP contribution in [0.5, 0.6) is 0 Å². The lowest BCUT2D eigenvalue weighted by atomic mass is 10.0. The van der Waals surface area contributed by atoms with Gasteiger partial charge in [-0.05, 0) is 25.7 Å². The third-order valence-corrected chi connectivity index (χ3v) is 6.43. The van der Waals surface area contributed by atoms with Gasteiger partial charge in [-0.15, -0.1) is 6.58 Å². The Morgan fingerprint density at radius 1 is 0.606 bits per heavy atom. The summed E-state index contributed by atoms with van der Waals surface area (Å²) in [5, 5.41) is 29.1. The molecule has 0 saturated heterocycles. The fourth-order valence-electron chi connectivity index (χ4n) is 4.35. The number of rotatable bonds is 25. The van der Waals surface area contributed by atoms with E-state index in [1.807, 2.05) is 6.08 Å². The summed E-state index contributed by atoms with van der Waals surface area (Å²) >= 11 is 0. The molecule has 0 rings (SSSR count). The molecule has 0 unspecified atom stereocenters. The molecular formula is C26H47NO6. The summed E-state index contributed by atoms with van der Waals surface area (Å²) in [6.45, 7) is 5.09. The molecule has 0 aliphatic carbocycles. The fraction of sp³-hybridized carbons (Fsp3) is 0.808. The van der Waals surface area contributed by atoms with E-state index in [1.54, 1.807) is 0 Å².